The van der Waals surface area contributed by atoms with Gasteiger partial charge in [-0.25, -0.2) is 4.98 Å². The molecule has 134 valence electrons. The monoisotopic (exact) mass is 347 g/mol. The van der Waals surface area contributed by atoms with Crippen LogP contribution in [-0.4, -0.2) is 21.0 Å². The van der Waals surface area contributed by atoms with Gasteiger partial charge in [0.05, 0.1) is 11.4 Å². The molecule has 5 nitrogen and oxygen atoms in total. The van der Waals surface area contributed by atoms with Crippen LogP contribution in [0.15, 0.2) is 54.7 Å². The third-order valence-electron chi connectivity index (χ3n) is 4.36. The number of nitrogens with one attached hydrogen (secondary N) is 2. The Kier molecular flexibility index (Phi) is 5.79. The van der Waals surface area contributed by atoms with Crippen LogP contribution >= 0.6 is 0 Å². The van der Waals surface area contributed by atoms with E-state index in [4.69, 9.17) is 0 Å². The molecule has 3 rings (SSSR count). The number of aromatic nitrogens is 3. The van der Waals surface area contributed by atoms with Gasteiger partial charge in [0.1, 0.15) is 5.82 Å². The summed E-state index contributed by atoms with van der Waals surface area (Å²) in [5, 5.41) is 6.79. The van der Waals surface area contributed by atoms with Gasteiger partial charge in [-0.1, -0.05) is 37.3 Å². The molecule has 26 heavy (non-hydrogen) atoms. The lowest BCUT2D eigenvalue weighted by Crippen LogP contribution is -2.16. The second-order valence-electron chi connectivity index (χ2n) is 6.41. The number of aryl methyl sites for hydroxylation is 1. The van der Waals surface area contributed by atoms with Gasteiger partial charge < -0.3 is 10.6 Å². The third-order valence-corrected chi connectivity index (χ3v) is 4.36. The van der Waals surface area contributed by atoms with E-state index in [2.05, 4.69) is 70.6 Å². The molecule has 0 bridgehead atoms. The van der Waals surface area contributed by atoms with E-state index >= 15 is 0 Å². The first-order chi connectivity index (χ1) is 12.7. The van der Waals surface area contributed by atoms with Gasteiger partial charge in [0.15, 0.2) is 0 Å². The van der Waals surface area contributed by atoms with Crippen molar-refractivity contribution < 1.29 is 0 Å². The smallest absolute Gasteiger partial charge is 0.225 e. The molecule has 0 amide bonds. The zero-order chi connectivity index (χ0) is 18.4. The number of nitrogens with zero attached hydrogens (tertiary/aromatic N) is 3. The molecule has 2 heterocycles. The Morgan fingerprint density at radius 3 is 2.54 bits per heavy atom. The maximum atomic E-state index is 4.64. The van der Waals surface area contributed by atoms with Crippen molar-refractivity contribution in [2.24, 2.45) is 0 Å². The molecule has 1 aromatic carbocycles. The Morgan fingerprint density at radius 2 is 1.81 bits per heavy atom. The van der Waals surface area contributed by atoms with Crippen molar-refractivity contribution in [1.82, 2.24) is 15.0 Å². The van der Waals surface area contributed by atoms with Crippen LogP contribution in [-0.2, 0) is 6.54 Å². The number of benzene rings is 1. The zero-order valence-electron chi connectivity index (χ0n) is 15.5. The van der Waals surface area contributed by atoms with Crippen LogP contribution < -0.4 is 10.6 Å². The molecule has 1 atom stereocenters. The highest BCUT2D eigenvalue weighted by Crippen LogP contribution is 2.21. The number of rotatable bonds is 7. The van der Waals surface area contributed by atoms with Crippen LogP contribution in [0.3, 0.4) is 0 Å². The molecule has 0 aliphatic carbocycles. The van der Waals surface area contributed by atoms with E-state index in [1.54, 1.807) is 6.20 Å². The van der Waals surface area contributed by atoms with Crippen LogP contribution in [0.2, 0.25) is 0 Å². The van der Waals surface area contributed by atoms with Crippen molar-refractivity contribution in [3.05, 3.63) is 65.9 Å². The first kappa shape index (κ1) is 17.9. The predicted octanol–water partition coefficient (Wildman–Crippen LogP) is 4.67. The van der Waals surface area contributed by atoms with Crippen molar-refractivity contribution in [2.75, 3.05) is 10.6 Å². The summed E-state index contributed by atoms with van der Waals surface area (Å²) < 4.78 is 0. The lowest BCUT2D eigenvalue weighted by atomic mass is 10.1. The minimum atomic E-state index is 0.304. The molecule has 0 saturated heterocycles. The molecule has 0 spiro atoms. The van der Waals surface area contributed by atoms with Crippen LogP contribution in [0.5, 0.6) is 0 Å². The summed E-state index contributed by atoms with van der Waals surface area (Å²) in [7, 11) is 0. The third kappa shape index (κ3) is 4.57. The molecule has 0 radical (unpaired) electrons. The Bertz CT molecular complexity index is 848. The lowest BCUT2D eigenvalue weighted by molar-refractivity contribution is 0.753. The van der Waals surface area contributed by atoms with Gasteiger partial charge in [-0.15, -0.1) is 0 Å². The SMILES string of the molecule is CC[C@@H](C)Nc1nc(NCc2ccccc2C)cc(-c2ccccn2)n1. The van der Waals surface area contributed by atoms with E-state index in [-0.39, 0.29) is 0 Å². The van der Waals surface area contributed by atoms with E-state index in [1.165, 1.54) is 11.1 Å². The Labute approximate surface area is 154 Å². The van der Waals surface area contributed by atoms with Gasteiger partial charge in [0, 0.05) is 24.8 Å². The Morgan fingerprint density at radius 1 is 1.00 bits per heavy atom. The normalized spacial score (nSPS) is 11.8. The van der Waals surface area contributed by atoms with E-state index < -0.39 is 0 Å². The summed E-state index contributed by atoms with van der Waals surface area (Å²) in [4.78, 5) is 13.7. The van der Waals surface area contributed by atoms with Crippen molar-refractivity contribution in [1.29, 1.82) is 0 Å². The molecule has 0 aliphatic heterocycles. The summed E-state index contributed by atoms with van der Waals surface area (Å²) >= 11 is 0. The molecule has 0 aliphatic rings. The fourth-order valence-corrected chi connectivity index (χ4v) is 2.56. The molecule has 2 aromatic heterocycles. The van der Waals surface area contributed by atoms with E-state index in [1.807, 2.05) is 24.3 Å². The van der Waals surface area contributed by atoms with E-state index in [9.17, 15) is 0 Å². The van der Waals surface area contributed by atoms with Crippen LogP contribution in [0.4, 0.5) is 11.8 Å². The topological polar surface area (TPSA) is 62.7 Å². The number of anilines is 2. The lowest BCUT2D eigenvalue weighted by Gasteiger charge is -2.15. The van der Waals surface area contributed by atoms with Gasteiger partial charge >= 0.3 is 0 Å². The average Bonchev–Trinajstić information content (AvgIpc) is 2.68. The van der Waals surface area contributed by atoms with Crippen molar-refractivity contribution in [3.63, 3.8) is 0 Å². The van der Waals surface area contributed by atoms with Crippen LogP contribution in [0, 0.1) is 6.92 Å². The number of hydrogen-bond acceptors (Lipinski definition) is 5. The predicted molar refractivity (Wildman–Crippen MR) is 107 cm³/mol. The maximum absolute atomic E-state index is 4.64. The van der Waals surface area contributed by atoms with Gasteiger partial charge in [0.2, 0.25) is 5.95 Å². The summed E-state index contributed by atoms with van der Waals surface area (Å²) in [5.74, 6) is 1.41. The van der Waals surface area contributed by atoms with Gasteiger partial charge in [-0.3, -0.25) is 4.98 Å². The minimum absolute atomic E-state index is 0.304. The first-order valence-corrected chi connectivity index (χ1v) is 9.01. The largest absolute Gasteiger partial charge is 0.366 e. The highest BCUT2D eigenvalue weighted by molar-refractivity contribution is 5.61. The van der Waals surface area contributed by atoms with E-state index in [0.717, 1.165) is 23.6 Å². The highest BCUT2D eigenvalue weighted by Gasteiger charge is 2.09. The molecule has 3 aromatic rings. The number of pyridine rings is 1. The fraction of sp³-hybridized carbons (Fsp3) is 0.286. The molecule has 0 fully saturated rings. The van der Waals surface area contributed by atoms with Crippen molar-refractivity contribution in [3.8, 4) is 11.4 Å². The molecular formula is C21H25N5. The summed E-state index contributed by atoms with van der Waals surface area (Å²) in [5.41, 5.74) is 4.15. The second-order valence-corrected chi connectivity index (χ2v) is 6.41. The molecule has 0 unspecified atom stereocenters. The summed E-state index contributed by atoms with van der Waals surface area (Å²) in [6.07, 6.45) is 2.78. The standard InChI is InChI=1S/C21H25N5/c1-4-16(3)24-21-25-19(18-11-7-8-12-22-18)13-20(26-21)23-14-17-10-6-5-9-15(17)2/h5-13,16H,4,14H2,1-3H3,(H2,23,24,25,26)/t16-/m1/s1. The van der Waals surface area contributed by atoms with Crippen molar-refractivity contribution >= 4 is 11.8 Å². The van der Waals surface area contributed by atoms with Gasteiger partial charge in [-0.05, 0) is 43.5 Å². The highest BCUT2D eigenvalue weighted by atomic mass is 15.2. The summed E-state index contributed by atoms with van der Waals surface area (Å²) in [6, 6.07) is 16.4. The van der Waals surface area contributed by atoms with E-state index in [0.29, 0.717) is 18.5 Å². The Balaban J connectivity index is 1.88. The Hall–Kier alpha value is -2.95. The minimum Gasteiger partial charge on any atom is -0.366 e. The summed E-state index contributed by atoms with van der Waals surface area (Å²) in [6.45, 7) is 7.09. The zero-order valence-corrected chi connectivity index (χ0v) is 15.5. The number of hydrogen-bond donors (Lipinski definition) is 2. The van der Waals surface area contributed by atoms with Crippen LogP contribution in [0.25, 0.3) is 11.4 Å². The first-order valence-electron chi connectivity index (χ1n) is 9.01. The second kappa shape index (κ2) is 8.43. The molecule has 2 N–H and O–H groups in total. The molecular weight excluding hydrogens is 322 g/mol. The quantitative estimate of drug-likeness (QED) is 0.650. The van der Waals surface area contributed by atoms with Gasteiger partial charge in [-0.2, -0.15) is 4.98 Å². The van der Waals surface area contributed by atoms with Gasteiger partial charge in [0.25, 0.3) is 0 Å². The average molecular weight is 347 g/mol. The fourth-order valence-electron chi connectivity index (χ4n) is 2.56. The maximum Gasteiger partial charge on any atom is 0.225 e. The molecule has 0 saturated carbocycles. The van der Waals surface area contributed by atoms with Crippen LogP contribution in [0.1, 0.15) is 31.4 Å². The van der Waals surface area contributed by atoms with Crippen molar-refractivity contribution in [2.45, 2.75) is 39.8 Å². The molecule has 5 heteroatoms.